The summed E-state index contributed by atoms with van der Waals surface area (Å²) in [6.45, 7) is 9.44. The molecule has 0 radical (unpaired) electrons. The molecule has 1 aliphatic carbocycles. The molecule has 2 atom stereocenters. The predicted molar refractivity (Wildman–Crippen MR) is 129 cm³/mol. The molecule has 0 aromatic heterocycles. The molecule has 1 aromatic rings. The molecule has 178 valence electrons. The maximum Gasteiger partial charge on any atom is 0.223 e. The zero-order chi connectivity index (χ0) is 22.9. The highest BCUT2D eigenvalue weighted by Gasteiger charge is 2.31. The fraction of sp³-hybridized carbons (Fsp3) is 0.692. The molecule has 32 heavy (non-hydrogen) atoms. The van der Waals surface area contributed by atoms with Crippen LogP contribution in [0.2, 0.25) is 0 Å². The molecule has 1 saturated carbocycles. The van der Waals surface area contributed by atoms with Crippen molar-refractivity contribution >= 4 is 17.5 Å². The number of amides is 2. The van der Waals surface area contributed by atoms with Crippen molar-refractivity contribution < 1.29 is 14.3 Å². The molecule has 6 heteroatoms. The van der Waals surface area contributed by atoms with Crippen molar-refractivity contribution in [2.45, 2.75) is 65.3 Å². The monoisotopic (exact) mass is 443 g/mol. The maximum absolute atomic E-state index is 13.4. The van der Waals surface area contributed by atoms with Crippen LogP contribution in [-0.2, 0) is 14.3 Å². The molecule has 3 rings (SSSR count). The van der Waals surface area contributed by atoms with Crippen molar-refractivity contribution in [3.05, 3.63) is 29.8 Å². The number of aryl methyl sites for hydroxylation is 1. The fourth-order valence-electron chi connectivity index (χ4n) is 4.74. The Morgan fingerprint density at radius 1 is 1.09 bits per heavy atom. The summed E-state index contributed by atoms with van der Waals surface area (Å²) in [5, 5.41) is 6.74. The van der Waals surface area contributed by atoms with E-state index in [0.717, 1.165) is 12.1 Å². The van der Waals surface area contributed by atoms with Crippen LogP contribution in [0.4, 0.5) is 5.69 Å². The van der Waals surface area contributed by atoms with Crippen molar-refractivity contribution in [3.63, 3.8) is 0 Å². The lowest BCUT2D eigenvalue weighted by Gasteiger charge is -2.30. The van der Waals surface area contributed by atoms with Crippen molar-refractivity contribution in [3.8, 4) is 0 Å². The van der Waals surface area contributed by atoms with Gasteiger partial charge in [0.15, 0.2) is 0 Å². The van der Waals surface area contributed by atoms with E-state index < -0.39 is 0 Å². The van der Waals surface area contributed by atoms with Gasteiger partial charge in [-0.3, -0.25) is 9.59 Å². The standard InChI is InChI=1S/C26H41N3O3/c1-19(2)24(18-27-23-10-8-20(3)9-11-23)28-26(31)22(16-21-6-4-5-7-21)17-25(30)29-12-14-32-15-13-29/h8-11,19,21-22,24,27H,4-7,12-18H2,1-3H3,(H,28,31)/t22-,24-/m1/s1. The molecule has 2 amide bonds. The minimum absolute atomic E-state index is 0.00775. The minimum Gasteiger partial charge on any atom is -0.383 e. The van der Waals surface area contributed by atoms with Gasteiger partial charge in [0.1, 0.15) is 0 Å². The summed E-state index contributed by atoms with van der Waals surface area (Å²) in [6.07, 6.45) is 5.96. The van der Waals surface area contributed by atoms with Gasteiger partial charge in [-0.15, -0.1) is 0 Å². The van der Waals surface area contributed by atoms with E-state index in [1.54, 1.807) is 0 Å². The molecular formula is C26H41N3O3. The molecule has 1 saturated heterocycles. The summed E-state index contributed by atoms with van der Waals surface area (Å²) in [5.74, 6) is 0.715. The molecule has 2 fully saturated rings. The highest BCUT2D eigenvalue weighted by molar-refractivity contribution is 5.86. The van der Waals surface area contributed by atoms with Crippen LogP contribution in [0.1, 0.15) is 57.9 Å². The Kier molecular flexibility index (Phi) is 9.39. The summed E-state index contributed by atoms with van der Waals surface area (Å²) in [6, 6.07) is 8.31. The van der Waals surface area contributed by atoms with Gasteiger partial charge >= 0.3 is 0 Å². The number of hydrogen-bond donors (Lipinski definition) is 2. The number of rotatable bonds is 10. The van der Waals surface area contributed by atoms with Gasteiger partial charge in [0.2, 0.25) is 11.8 Å². The lowest BCUT2D eigenvalue weighted by atomic mass is 9.89. The van der Waals surface area contributed by atoms with Gasteiger partial charge < -0.3 is 20.3 Å². The number of nitrogens with one attached hydrogen (secondary N) is 2. The SMILES string of the molecule is Cc1ccc(NC[C@@H](NC(=O)[C@@H](CC(=O)N2CCOCC2)CC2CCCC2)C(C)C)cc1. The second kappa shape index (κ2) is 12.2. The average Bonchev–Trinajstić information content (AvgIpc) is 3.30. The van der Waals surface area contributed by atoms with E-state index in [1.807, 2.05) is 4.90 Å². The van der Waals surface area contributed by atoms with Crippen molar-refractivity contribution in [1.82, 2.24) is 10.2 Å². The van der Waals surface area contributed by atoms with Gasteiger partial charge in [-0.1, -0.05) is 57.2 Å². The molecule has 6 nitrogen and oxygen atoms in total. The lowest BCUT2D eigenvalue weighted by molar-refractivity contribution is -0.140. The number of nitrogens with zero attached hydrogens (tertiary/aromatic N) is 1. The van der Waals surface area contributed by atoms with E-state index >= 15 is 0 Å². The first-order chi connectivity index (χ1) is 15.4. The Morgan fingerprint density at radius 3 is 2.38 bits per heavy atom. The summed E-state index contributed by atoms with van der Waals surface area (Å²) < 4.78 is 5.38. The third-order valence-corrected chi connectivity index (χ3v) is 6.96. The highest BCUT2D eigenvalue weighted by Crippen LogP contribution is 2.32. The highest BCUT2D eigenvalue weighted by atomic mass is 16.5. The first kappa shape index (κ1) is 24.6. The van der Waals surface area contributed by atoms with E-state index in [1.165, 1.54) is 31.2 Å². The summed E-state index contributed by atoms with van der Waals surface area (Å²) >= 11 is 0. The van der Waals surface area contributed by atoms with Gasteiger partial charge in [0, 0.05) is 43.7 Å². The van der Waals surface area contributed by atoms with Crippen LogP contribution >= 0.6 is 0 Å². The quantitative estimate of drug-likeness (QED) is 0.574. The van der Waals surface area contributed by atoms with E-state index in [2.05, 4.69) is 55.7 Å². The second-order valence-electron chi connectivity index (χ2n) is 9.89. The Balaban J connectivity index is 1.61. The molecule has 2 aliphatic rings. The van der Waals surface area contributed by atoms with Gasteiger partial charge in [-0.25, -0.2) is 0 Å². The average molecular weight is 444 g/mol. The van der Waals surface area contributed by atoms with Crippen molar-refractivity contribution in [2.24, 2.45) is 17.8 Å². The summed E-state index contributed by atoms with van der Waals surface area (Å²) in [5.41, 5.74) is 2.28. The molecule has 0 bridgehead atoms. The molecule has 1 aromatic carbocycles. The van der Waals surface area contributed by atoms with Crippen LogP contribution in [0.3, 0.4) is 0 Å². The third kappa shape index (κ3) is 7.51. The van der Waals surface area contributed by atoms with E-state index in [-0.39, 0.29) is 23.8 Å². The number of ether oxygens (including phenoxy) is 1. The van der Waals surface area contributed by atoms with Gasteiger partial charge in [0.25, 0.3) is 0 Å². The normalized spacial score (nSPS) is 19.1. The van der Waals surface area contributed by atoms with Gasteiger partial charge in [-0.2, -0.15) is 0 Å². The smallest absolute Gasteiger partial charge is 0.223 e. The Bertz CT molecular complexity index is 722. The predicted octanol–water partition coefficient (Wildman–Crippen LogP) is 3.99. The van der Waals surface area contributed by atoms with Crippen molar-refractivity contribution in [2.75, 3.05) is 38.2 Å². The van der Waals surface area contributed by atoms with Gasteiger partial charge in [0.05, 0.1) is 13.2 Å². The zero-order valence-electron chi connectivity index (χ0n) is 20.1. The van der Waals surface area contributed by atoms with E-state index in [4.69, 9.17) is 4.74 Å². The molecule has 2 N–H and O–H groups in total. The number of hydrogen-bond acceptors (Lipinski definition) is 4. The summed E-state index contributed by atoms with van der Waals surface area (Å²) in [7, 11) is 0. The molecular weight excluding hydrogens is 402 g/mol. The minimum atomic E-state index is -0.255. The van der Waals surface area contributed by atoms with Crippen LogP contribution in [0.25, 0.3) is 0 Å². The number of anilines is 1. The lowest BCUT2D eigenvalue weighted by Crippen LogP contribution is -2.47. The summed E-state index contributed by atoms with van der Waals surface area (Å²) in [4.78, 5) is 28.2. The number of benzene rings is 1. The first-order valence-electron chi connectivity index (χ1n) is 12.4. The topological polar surface area (TPSA) is 70.7 Å². The fourth-order valence-corrected chi connectivity index (χ4v) is 4.74. The molecule has 0 unspecified atom stereocenters. The first-order valence-corrected chi connectivity index (χ1v) is 12.4. The van der Waals surface area contributed by atoms with E-state index in [0.29, 0.717) is 51.1 Å². The molecule has 0 spiro atoms. The Hall–Kier alpha value is -2.08. The largest absolute Gasteiger partial charge is 0.383 e. The maximum atomic E-state index is 13.4. The Labute approximate surface area is 193 Å². The van der Waals surface area contributed by atoms with Crippen LogP contribution in [0.15, 0.2) is 24.3 Å². The number of carbonyl (C=O) groups is 2. The third-order valence-electron chi connectivity index (χ3n) is 6.96. The molecule has 1 heterocycles. The van der Waals surface area contributed by atoms with Crippen molar-refractivity contribution in [1.29, 1.82) is 0 Å². The van der Waals surface area contributed by atoms with Crippen LogP contribution in [0, 0.1) is 24.7 Å². The number of carbonyl (C=O) groups excluding carboxylic acids is 2. The van der Waals surface area contributed by atoms with Crippen LogP contribution in [0.5, 0.6) is 0 Å². The zero-order valence-corrected chi connectivity index (χ0v) is 20.1. The second-order valence-corrected chi connectivity index (χ2v) is 9.89. The van der Waals surface area contributed by atoms with Crippen LogP contribution < -0.4 is 10.6 Å². The van der Waals surface area contributed by atoms with E-state index in [9.17, 15) is 9.59 Å². The Morgan fingerprint density at radius 2 is 1.75 bits per heavy atom. The number of morpholine rings is 1. The van der Waals surface area contributed by atoms with Crippen LogP contribution in [-0.4, -0.2) is 55.6 Å². The molecule has 1 aliphatic heterocycles. The van der Waals surface area contributed by atoms with Gasteiger partial charge in [-0.05, 0) is 37.3 Å².